The van der Waals surface area contributed by atoms with Crippen LogP contribution in [0.2, 0.25) is 0 Å². The van der Waals surface area contributed by atoms with Gasteiger partial charge in [-0.3, -0.25) is 0 Å². The van der Waals surface area contributed by atoms with Gasteiger partial charge in [0.15, 0.2) is 5.82 Å². The van der Waals surface area contributed by atoms with E-state index in [1.54, 1.807) is 11.9 Å². The van der Waals surface area contributed by atoms with Gasteiger partial charge in [-0.25, -0.2) is 4.79 Å². The molecule has 0 radical (unpaired) electrons. The van der Waals surface area contributed by atoms with Crippen molar-refractivity contribution in [1.29, 1.82) is 0 Å². The first-order valence-electron chi connectivity index (χ1n) is 10.6. The number of aromatic nitrogens is 2. The van der Waals surface area contributed by atoms with Crippen molar-refractivity contribution < 1.29 is 9.32 Å². The molecule has 1 saturated carbocycles. The molecule has 1 aromatic rings. The first-order chi connectivity index (χ1) is 13.0. The van der Waals surface area contributed by atoms with E-state index in [0.717, 1.165) is 25.6 Å². The minimum atomic E-state index is -0.0665. The van der Waals surface area contributed by atoms with Gasteiger partial charge in [0.05, 0.1) is 6.54 Å². The Balaban J connectivity index is 1.40. The van der Waals surface area contributed by atoms with Gasteiger partial charge in [-0.1, -0.05) is 31.8 Å². The Bertz CT molecular complexity index is 597. The molecular weight excluding hydrogens is 342 g/mol. The number of nitrogens with one attached hydrogen (secondary N) is 1. The summed E-state index contributed by atoms with van der Waals surface area (Å²) in [6.45, 7) is 7.69. The summed E-state index contributed by atoms with van der Waals surface area (Å²) in [5.74, 6) is 2.23. The molecule has 1 aliphatic carbocycles. The van der Waals surface area contributed by atoms with Crippen LogP contribution in [0.1, 0.15) is 64.1 Å². The van der Waals surface area contributed by atoms with Crippen molar-refractivity contribution in [3.05, 3.63) is 11.7 Å². The van der Waals surface area contributed by atoms with Crippen LogP contribution >= 0.6 is 0 Å². The van der Waals surface area contributed by atoms with E-state index in [1.165, 1.54) is 45.1 Å². The molecule has 0 unspecified atom stereocenters. The van der Waals surface area contributed by atoms with Gasteiger partial charge in [0, 0.05) is 32.6 Å². The summed E-state index contributed by atoms with van der Waals surface area (Å²) in [5, 5.41) is 7.08. The molecule has 152 valence electrons. The number of piperidine rings is 1. The Morgan fingerprint density at radius 1 is 1.30 bits per heavy atom. The highest BCUT2D eigenvalue weighted by atomic mass is 16.5. The van der Waals surface area contributed by atoms with Crippen LogP contribution in [0, 0.1) is 11.8 Å². The average molecular weight is 378 g/mol. The highest BCUT2D eigenvalue weighted by Crippen LogP contribution is 2.27. The first-order valence-corrected chi connectivity index (χ1v) is 10.6. The van der Waals surface area contributed by atoms with Gasteiger partial charge in [0.2, 0.25) is 5.89 Å². The summed E-state index contributed by atoms with van der Waals surface area (Å²) in [4.78, 5) is 21.1. The zero-order valence-corrected chi connectivity index (χ0v) is 17.1. The third-order valence-electron chi connectivity index (χ3n) is 5.75. The van der Waals surface area contributed by atoms with E-state index in [2.05, 4.69) is 34.2 Å². The molecule has 3 rings (SSSR count). The van der Waals surface area contributed by atoms with Crippen molar-refractivity contribution in [2.24, 2.45) is 11.8 Å². The second-order valence-electron chi connectivity index (χ2n) is 8.69. The Hall–Kier alpha value is -1.63. The summed E-state index contributed by atoms with van der Waals surface area (Å²) in [6.07, 6.45) is 8.67. The number of hydrogen-bond acceptors (Lipinski definition) is 5. The molecule has 1 aromatic heterocycles. The van der Waals surface area contributed by atoms with Crippen molar-refractivity contribution in [1.82, 2.24) is 25.3 Å². The molecule has 1 N–H and O–H groups in total. The maximum Gasteiger partial charge on any atom is 0.317 e. The molecule has 7 nitrogen and oxygen atoms in total. The number of carbonyl (C=O) groups is 1. The lowest BCUT2D eigenvalue weighted by molar-refractivity contribution is 0.123. The summed E-state index contributed by atoms with van der Waals surface area (Å²) in [7, 11) is 1.78. The second-order valence-corrected chi connectivity index (χ2v) is 8.69. The van der Waals surface area contributed by atoms with Gasteiger partial charge in [0.25, 0.3) is 0 Å². The Morgan fingerprint density at radius 3 is 2.81 bits per heavy atom. The van der Waals surface area contributed by atoms with Crippen molar-refractivity contribution in [2.75, 3.05) is 26.7 Å². The molecule has 1 atom stereocenters. The third-order valence-corrected chi connectivity index (χ3v) is 5.75. The van der Waals surface area contributed by atoms with Crippen LogP contribution in [0.25, 0.3) is 0 Å². The molecule has 2 fully saturated rings. The quantitative estimate of drug-likeness (QED) is 0.790. The maximum absolute atomic E-state index is 12.4. The lowest BCUT2D eigenvalue weighted by Gasteiger charge is -2.37. The highest BCUT2D eigenvalue weighted by molar-refractivity contribution is 5.73. The number of hydrogen-bond donors (Lipinski definition) is 1. The summed E-state index contributed by atoms with van der Waals surface area (Å²) in [5.41, 5.74) is 0. The van der Waals surface area contributed by atoms with Crippen molar-refractivity contribution >= 4 is 6.03 Å². The standard InChI is InChI=1S/C20H35N5O2/c1-15(2)11-19-22-18(23-27-19)14-24(3)20(26)21-12-16-7-6-10-25(13-16)17-8-4-5-9-17/h15-17H,4-14H2,1-3H3,(H,21,26)/t16-/m0/s1. The predicted molar refractivity (Wildman–Crippen MR) is 104 cm³/mol. The van der Waals surface area contributed by atoms with Crippen molar-refractivity contribution in [3.8, 4) is 0 Å². The van der Waals surface area contributed by atoms with E-state index in [4.69, 9.17) is 4.52 Å². The van der Waals surface area contributed by atoms with E-state index in [0.29, 0.717) is 30.1 Å². The number of carbonyl (C=O) groups excluding carboxylic acids is 1. The molecule has 0 bridgehead atoms. The van der Waals surface area contributed by atoms with E-state index in [9.17, 15) is 4.79 Å². The van der Waals surface area contributed by atoms with Crippen LogP contribution < -0.4 is 5.32 Å². The number of rotatable bonds is 7. The summed E-state index contributed by atoms with van der Waals surface area (Å²) >= 11 is 0. The third kappa shape index (κ3) is 5.92. The van der Waals surface area contributed by atoms with Crippen molar-refractivity contribution in [3.63, 3.8) is 0 Å². The number of likely N-dealkylation sites (tertiary alicyclic amines) is 1. The zero-order valence-electron chi connectivity index (χ0n) is 17.1. The minimum absolute atomic E-state index is 0.0665. The topological polar surface area (TPSA) is 74.5 Å². The molecule has 0 aromatic carbocycles. The number of nitrogens with zero attached hydrogens (tertiary/aromatic N) is 4. The Morgan fingerprint density at radius 2 is 2.07 bits per heavy atom. The molecule has 2 aliphatic rings. The largest absolute Gasteiger partial charge is 0.339 e. The van der Waals surface area contributed by atoms with E-state index >= 15 is 0 Å². The van der Waals surface area contributed by atoms with Crippen LogP contribution in [0.15, 0.2) is 4.52 Å². The number of urea groups is 1. The van der Waals surface area contributed by atoms with Gasteiger partial charge < -0.3 is 19.6 Å². The molecule has 2 amide bonds. The lowest BCUT2D eigenvalue weighted by Crippen LogP contribution is -2.46. The summed E-state index contributed by atoms with van der Waals surface area (Å²) < 4.78 is 5.25. The maximum atomic E-state index is 12.4. The van der Waals surface area contributed by atoms with Crippen LogP contribution in [0.4, 0.5) is 4.79 Å². The zero-order chi connectivity index (χ0) is 19.2. The molecule has 2 heterocycles. The molecule has 1 aliphatic heterocycles. The van der Waals surface area contributed by atoms with Gasteiger partial charge in [-0.2, -0.15) is 4.98 Å². The van der Waals surface area contributed by atoms with Crippen LogP contribution in [-0.2, 0) is 13.0 Å². The minimum Gasteiger partial charge on any atom is -0.339 e. The molecule has 27 heavy (non-hydrogen) atoms. The molecule has 1 saturated heterocycles. The molecular formula is C20H35N5O2. The van der Waals surface area contributed by atoms with Crippen LogP contribution in [-0.4, -0.2) is 58.7 Å². The summed E-state index contributed by atoms with van der Waals surface area (Å²) in [6, 6.07) is 0.715. The second kappa shape index (κ2) is 9.53. The highest BCUT2D eigenvalue weighted by Gasteiger charge is 2.28. The van der Waals surface area contributed by atoms with E-state index in [-0.39, 0.29) is 6.03 Å². The fourth-order valence-electron chi connectivity index (χ4n) is 4.30. The van der Waals surface area contributed by atoms with Gasteiger partial charge >= 0.3 is 6.03 Å². The molecule has 7 heteroatoms. The van der Waals surface area contributed by atoms with Crippen LogP contribution in [0.3, 0.4) is 0 Å². The van der Waals surface area contributed by atoms with Gasteiger partial charge in [-0.05, 0) is 44.1 Å². The smallest absolute Gasteiger partial charge is 0.317 e. The van der Waals surface area contributed by atoms with Gasteiger partial charge in [-0.15, -0.1) is 0 Å². The Kier molecular flexibility index (Phi) is 7.10. The predicted octanol–water partition coefficient (Wildman–Crippen LogP) is 3.06. The van der Waals surface area contributed by atoms with E-state index in [1.807, 2.05) is 0 Å². The SMILES string of the molecule is CC(C)Cc1nc(CN(C)C(=O)NC[C@@H]2CCCN(C3CCCC3)C2)no1. The fourth-order valence-corrected chi connectivity index (χ4v) is 4.30. The monoisotopic (exact) mass is 377 g/mol. The fraction of sp³-hybridized carbons (Fsp3) is 0.850. The first kappa shape index (κ1) is 20.1. The van der Waals surface area contributed by atoms with Crippen molar-refractivity contribution in [2.45, 2.75) is 71.4 Å². The van der Waals surface area contributed by atoms with E-state index < -0.39 is 0 Å². The van der Waals surface area contributed by atoms with Gasteiger partial charge in [0.1, 0.15) is 0 Å². The van der Waals surface area contributed by atoms with Crippen LogP contribution in [0.5, 0.6) is 0 Å². The molecule has 0 spiro atoms. The average Bonchev–Trinajstić information content (AvgIpc) is 3.31. The normalized spacial score (nSPS) is 21.7. The lowest BCUT2D eigenvalue weighted by atomic mass is 9.96. The Labute approximate surface area is 162 Å². The number of amides is 2.